The van der Waals surface area contributed by atoms with E-state index >= 15 is 0 Å². The smallest absolute Gasteiger partial charge is 0.133 e. The molecule has 0 saturated heterocycles. The first-order chi connectivity index (χ1) is 8.56. The fraction of sp³-hybridized carbons (Fsp3) is 0.571. The van der Waals surface area contributed by atoms with Crippen molar-refractivity contribution in [2.45, 2.75) is 45.9 Å². The molecule has 0 saturated carbocycles. The van der Waals surface area contributed by atoms with Gasteiger partial charge in [-0.15, -0.1) is 0 Å². The Labute approximate surface area is 118 Å². The zero-order chi connectivity index (χ0) is 13.5. The molecule has 1 aromatic carbocycles. The lowest BCUT2D eigenvalue weighted by molar-refractivity contribution is 0.237. The molecule has 2 N–H and O–H groups in total. The Morgan fingerprint density at radius 2 is 2.11 bits per heavy atom. The molecule has 4 heteroatoms. The molecular weight excluding hydrogens is 294 g/mol. The molecule has 0 amide bonds. The van der Waals surface area contributed by atoms with Gasteiger partial charge in [0.05, 0.1) is 17.2 Å². The predicted octanol–water partition coefficient (Wildman–Crippen LogP) is 3.10. The van der Waals surface area contributed by atoms with Crippen LogP contribution in [0.15, 0.2) is 22.7 Å². The lowest BCUT2D eigenvalue weighted by Gasteiger charge is -2.15. The fourth-order valence-corrected chi connectivity index (χ4v) is 2.12. The summed E-state index contributed by atoms with van der Waals surface area (Å²) in [5, 5.41) is 12.4. The van der Waals surface area contributed by atoms with Crippen LogP contribution in [-0.4, -0.2) is 23.9 Å². The van der Waals surface area contributed by atoms with Gasteiger partial charge in [0.1, 0.15) is 5.75 Å². The molecule has 1 aromatic rings. The molecule has 0 aliphatic rings. The quantitative estimate of drug-likeness (QED) is 0.812. The van der Waals surface area contributed by atoms with Gasteiger partial charge in [0, 0.05) is 12.6 Å². The van der Waals surface area contributed by atoms with Crippen LogP contribution in [0.5, 0.6) is 5.75 Å². The number of halogens is 1. The average Bonchev–Trinajstić information content (AvgIpc) is 2.33. The molecule has 1 atom stereocenters. The van der Waals surface area contributed by atoms with E-state index in [1.165, 1.54) is 5.56 Å². The van der Waals surface area contributed by atoms with Gasteiger partial charge < -0.3 is 15.2 Å². The maximum atomic E-state index is 9.11. The Bertz CT molecular complexity index is 365. The van der Waals surface area contributed by atoms with Crippen LogP contribution in [0.2, 0.25) is 0 Å². The highest BCUT2D eigenvalue weighted by Crippen LogP contribution is 2.26. The first-order valence-electron chi connectivity index (χ1n) is 6.36. The van der Waals surface area contributed by atoms with Crippen molar-refractivity contribution >= 4 is 15.9 Å². The second-order valence-corrected chi connectivity index (χ2v) is 5.45. The molecule has 0 spiro atoms. The van der Waals surface area contributed by atoms with Crippen LogP contribution in [0.3, 0.4) is 0 Å². The van der Waals surface area contributed by atoms with E-state index < -0.39 is 0 Å². The maximum Gasteiger partial charge on any atom is 0.133 e. The van der Waals surface area contributed by atoms with Crippen LogP contribution in [0.4, 0.5) is 0 Å². The van der Waals surface area contributed by atoms with Crippen LogP contribution < -0.4 is 10.1 Å². The van der Waals surface area contributed by atoms with Crippen LogP contribution in [-0.2, 0) is 6.54 Å². The van der Waals surface area contributed by atoms with Crippen LogP contribution in [0.1, 0.15) is 32.8 Å². The highest BCUT2D eigenvalue weighted by molar-refractivity contribution is 9.10. The zero-order valence-electron chi connectivity index (χ0n) is 11.2. The van der Waals surface area contributed by atoms with Crippen molar-refractivity contribution in [1.82, 2.24) is 5.32 Å². The normalized spacial score (nSPS) is 12.8. The minimum Gasteiger partial charge on any atom is -0.490 e. The summed E-state index contributed by atoms with van der Waals surface area (Å²) in [6.45, 7) is 7.00. The first kappa shape index (κ1) is 15.5. The third kappa shape index (κ3) is 4.96. The molecule has 1 rings (SSSR count). The van der Waals surface area contributed by atoms with E-state index in [4.69, 9.17) is 9.84 Å². The largest absolute Gasteiger partial charge is 0.490 e. The molecule has 0 radical (unpaired) electrons. The minimum absolute atomic E-state index is 0.162. The van der Waals surface area contributed by atoms with Gasteiger partial charge in [-0.05, 0) is 53.9 Å². The number of benzene rings is 1. The number of hydrogen-bond donors (Lipinski definition) is 2. The van der Waals surface area contributed by atoms with Crippen LogP contribution in [0, 0.1) is 0 Å². The number of nitrogens with one attached hydrogen (secondary N) is 1. The number of aliphatic hydroxyl groups excluding tert-OH is 1. The van der Waals surface area contributed by atoms with Crippen molar-refractivity contribution < 1.29 is 9.84 Å². The molecule has 0 fully saturated rings. The Kier molecular flexibility index (Phi) is 6.68. The maximum absolute atomic E-state index is 9.11. The van der Waals surface area contributed by atoms with Gasteiger partial charge in [0.2, 0.25) is 0 Å². The summed E-state index contributed by atoms with van der Waals surface area (Å²) in [4.78, 5) is 0. The molecule has 0 aliphatic carbocycles. The second-order valence-electron chi connectivity index (χ2n) is 4.60. The third-order valence-corrected chi connectivity index (χ3v) is 3.29. The van der Waals surface area contributed by atoms with Gasteiger partial charge in [-0.2, -0.15) is 0 Å². The monoisotopic (exact) mass is 315 g/mol. The van der Waals surface area contributed by atoms with E-state index in [-0.39, 0.29) is 18.8 Å². The molecule has 3 nitrogen and oxygen atoms in total. The van der Waals surface area contributed by atoms with Gasteiger partial charge in [0.15, 0.2) is 0 Å². The molecular formula is C14H22BrNO2. The summed E-state index contributed by atoms with van der Waals surface area (Å²) in [6.07, 6.45) is 1.09. The van der Waals surface area contributed by atoms with Crippen LogP contribution in [0.25, 0.3) is 0 Å². The number of rotatable bonds is 7. The predicted molar refractivity (Wildman–Crippen MR) is 77.9 cm³/mol. The van der Waals surface area contributed by atoms with Gasteiger partial charge >= 0.3 is 0 Å². The molecule has 18 heavy (non-hydrogen) atoms. The van der Waals surface area contributed by atoms with Gasteiger partial charge in [-0.3, -0.25) is 0 Å². The van der Waals surface area contributed by atoms with Crippen molar-refractivity contribution in [1.29, 1.82) is 0 Å². The van der Waals surface area contributed by atoms with Crippen molar-refractivity contribution in [3.05, 3.63) is 28.2 Å². The number of aliphatic hydroxyl groups is 1. The lowest BCUT2D eigenvalue weighted by atomic mass is 10.2. The summed E-state index contributed by atoms with van der Waals surface area (Å²) >= 11 is 3.51. The topological polar surface area (TPSA) is 41.5 Å². The summed E-state index contributed by atoms with van der Waals surface area (Å²) in [5.74, 6) is 0.864. The molecule has 0 bridgehead atoms. The summed E-state index contributed by atoms with van der Waals surface area (Å²) in [5.41, 5.74) is 1.17. The number of hydrogen-bond acceptors (Lipinski definition) is 3. The average molecular weight is 316 g/mol. The fourth-order valence-electron chi connectivity index (χ4n) is 1.60. The minimum atomic E-state index is 0.162. The van der Waals surface area contributed by atoms with E-state index in [1.807, 2.05) is 26.0 Å². The second kappa shape index (κ2) is 7.77. The van der Waals surface area contributed by atoms with E-state index in [2.05, 4.69) is 34.2 Å². The molecule has 0 aliphatic heterocycles. The molecule has 0 aromatic heterocycles. The third-order valence-electron chi connectivity index (χ3n) is 2.67. The van der Waals surface area contributed by atoms with E-state index in [9.17, 15) is 0 Å². The first-order valence-corrected chi connectivity index (χ1v) is 7.15. The Morgan fingerprint density at radius 3 is 2.61 bits per heavy atom. The number of ether oxygens (including phenoxy) is 1. The molecule has 0 unspecified atom stereocenters. The van der Waals surface area contributed by atoms with Gasteiger partial charge in [-0.1, -0.05) is 13.0 Å². The highest BCUT2D eigenvalue weighted by atomic mass is 79.9. The Morgan fingerprint density at radius 1 is 1.39 bits per heavy atom. The Hall–Kier alpha value is -0.580. The van der Waals surface area contributed by atoms with E-state index in [0.29, 0.717) is 0 Å². The summed E-state index contributed by atoms with van der Waals surface area (Å²) in [7, 11) is 0. The van der Waals surface area contributed by atoms with Crippen molar-refractivity contribution in [3.63, 3.8) is 0 Å². The highest BCUT2D eigenvalue weighted by Gasteiger charge is 2.07. The lowest BCUT2D eigenvalue weighted by Crippen LogP contribution is -2.31. The SMILES string of the molecule is CC[C@H](CO)NCc1ccc(OC(C)C)c(Br)c1. The molecule has 0 heterocycles. The van der Waals surface area contributed by atoms with E-state index in [0.717, 1.165) is 23.2 Å². The van der Waals surface area contributed by atoms with Crippen molar-refractivity contribution in [2.24, 2.45) is 0 Å². The standard InChI is InChI=1S/C14H22BrNO2/c1-4-12(9-17)16-8-11-5-6-14(13(15)7-11)18-10(2)3/h5-7,10,12,16-17H,4,8-9H2,1-3H3/t12-/m1/s1. The summed E-state index contributed by atoms with van der Waals surface area (Å²) < 4.78 is 6.63. The molecule has 102 valence electrons. The van der Waals surface area contributed by atoms with E-state index in [1.54, 1.807) is 0 Å². The zero-order valence-corrected chi connectivity index (χ0v) is 12.8. The van der Waals surface area contributed by atoms with Gasteiger partial charge in [-0.25, -0.2) is 0 Å². The Balaban J connectivity index is 2.61. The summed E-state index contributed by atoms with van der Waals surface area (Å²) in [6, 6.07) is 6.23. The van der Waals surface area contributed by atoms with Crippen LogP contribution >= 0.6 is 15.9 Å². The van der Waals surface area contributed by atoms with Gasteiger partial charge in [0.25, 0.3) is 0 Å². The van der Waals surface area contributed by atoms with Crippen molar-refractivity contribution in [2.75, 3.05) is 6.61 Å². The van der Waals surface area contributed by atoms with Crippen molar-refractivity contribution in [3.8, 4) is 5.75 Å².